The van der Waals surface area contributed by atoms with Crippen molar-refractivity contribution < 1.29 is 23.7 Å². The number of carboxylic acid groups (broad SMARTS) is 1. The molecular formula is C30H25NO5S. The van der Waals surface area contributed by atoms with Crippen LogP contribution in [0.25, 0.3) is 27.2 Å². The molecule has 0 saturated heterocycles. The quantitative estimate of drug-likeness (QED) is 0.169. The number of benzene rings is 4. The Morgan fingerprint density at radius 3 is 2.41 bits per heavy atom. The molecule has 0 fully saturated rings. The van der Waals surface area contributed by atoms with E-state index >= 15 is 0 Å². The fourth-order valence-corrected chi connectivity index (χ4v) is 6.63. The van der Waals surface area contributed by atoms with Crippen LogP contribution in [0.3, 0.4) is 0 Å². The Morgan fingerprint density at radius 2 is 1.54 bits per heavy atom. The Bertz CT molecular complexity index is 1700. The van der Waals surface area contributed by atoms with E-state index in [0.29, 0.717) is 41.0 Å². The number of hydrogen-bond acceptors (Lipinski definition) is 4. The topological polar surface area (TPSA) is 103 Å². The van der Waals surface area contributed by atoms with E-state index in [9.17, 15) is 19.0 Å². The van der Waals surface area contributed by atoms with Crippen LogP contribution in [0.4, 0.5) is 0 Å². The first-order chi connectivity index (χ1) is 17.9. The number of rotatable bonds is 7. The third-order valence-corrected chi connectivity index (χ3v) is 8.37. The van der Waals surface area contributed by atoms with Crippen molar-refractivity contribution in [3.05, 3.63) is 113 Å². The SMILES string of the molecule is O=C(O)c1[nH]c2c(C3=CS(O)(O)c4ccccc43)cccc2c1CCCOc1cccc2ccccc12. The maximum atomic E-state index is 12.2. The fourth-order valence-electron chi connectivity index (χ4n) is 5.14. The van der Waals surface area contributed by atoms with Gasteiger partial charge in [0.05, 0.1) is 17.0 Å². The number of aromatic carboxylic acids is 1. The van der Waals surface area contributed by atoms with Crippen LogP contribution in [-0.4, -0.2) is 31.8 Å². The van der Waals surface area contributed by atoms with Gasteiger partial charge in [-0.05, 0) is 35.9 Å². The van der Waals surface area contributed by atoms with E-state index in [-0.39, 0.29) is 5.69 Å². The highest BCUT2D eigenvalue weighted by Gasteiger charge is 2.29. The van der Waals surface area contributed by atoms with Gasteiger partial charge >= 0.3 is 5.97 Å². The molecule has 4 aromatic carbocycles. The fraction of sp³-hybridized carbons (Fsp3) is 0.100. The predicted octanol–water partition coefficient (Wildman–Crippen LogP) is 7.54. The van der Waals surface area contributed by atoms with E-state index in [0.717, 1.165) is 33.0 Å². The highest BCUT2D eigenvalue weighted by molar-refractivity contribution is 8.27. The maximum Gasteiger partial charge on any atom is 0.352 e. The second kappa shape index (κ2) is 9.12. The first kappa shape index (κ1) is 23.4. The molecule has 1 aliphatic heterocycles. The van der Waals surface area contributed by atoms with Gasteiger partial charge in [-0.3, -0.25) is 9.11 Å². The number of para-hydroxylation sites is 1. The lowest BCUT2D eigenvalue weighted by molar-refractivity contribution is 0.0690. The van der Waals surface area contributed by atoms with Crippen LogP contribution in [0.2, 0.25) is 0 Å². The van der Waals surface area contributed by atoms with Crippen molar-refractivity contribution >= 4 is 43.8 Å². The summed E-state index contributed by atoms with van der Waals surface area (Å²) in [4.78, 5) is 15.8. The Morgan fingerprint density at radius 1 is 0.838 bits per heavy atom. The standard InChI is InChI=1S/C30H25NO5S/c32-30(33)29-23(14-7-17-36-26-15-5-9-19-8-1-2-10-20(19)26)22-12-6-13-24(28(22)31-29)25-18-37(34,35)27-16-4-3-11-21(25)27/h1-6,8-13,15-16,18,31,34-35H,7,14,17H2,(H,32,33). The Balaban J connectivity index is 1.31. The van der Waals surface area contributed by atoms with Gasteiger partial charge < -0.3 is 14.8 Å². The molecule has 0 amide bonds. The number of aryl methyl sites for hydroxylation is 1. The minimum atomic E-state index is -3.06. The van der Waals surface area contributed by atoms with Gasteiger partial charge in [-0.1, -0.05) is 72.8 Å². The second-order valence-corrected chi connectivity index (χ2v) is 10.9. The van der Waals surface area contributed by atoms with Gasteiger partial charge in [-0.25, -0.2) is 4.79 Å². The summed E-state index contributed by atoms with van der Waals surface area (Å²) in [6.07, 6.45) is 1.15. The first-order valence-electron chi connectivity index (χ1n) is 12.0. The molecule has 0 saturated carbocycles. The summed E-state index contributed by atoms with van der Waals surface area (Å²) >= 11 is 0. The average molecular weight is 512 g/mol. The van der Waals surface area contributed by atoms with Crippen LogP contribution < -0.4 is 4.74 Å². The van der Waals surface area contributed by atoms with Gasteiger partial charge in [-0.15, -0.1) is 10.6 Å². The third kappa shape index (κ3) is 4.07. The molecule has 1 aliphatic rings. The lowest BCUT2D eigenvalue weighted by Crippen LogP contribution is -2.04. The normalized spacial score (nSPS) is 14.9. The van der Waals surface area contributed by atoms with Gasteiger partial charge in [0, 0.05) is 32.9 Å². The van der Waals surface area contributed by atoms with Crippen LogP contribution in [0, 0.1) is 0 Å². The molecule has 6 rings (SSSR count). The Hall–Kier alpha value is -4.04. The van der Waals surface area contributed by atoms with Crippen molar-refractivity contribution in [3.63, 3.8) is 0 Å². The van der Waals surface area contributed by atoms with Crippen LogP contribution in [-0.2, 0) is 6.42 Å². The zero-order valence-electron chi connectivity index (χ0n) is 19.8. The summed E-state index contributed by atoms with van der Waals surface area (Å²) in [5.41, 5.74) is 3.69. The van der Waals surface area contributed by atoms with E-state index in [1.54, 1.807) is 12.1 Å². The molecule has 7 heteroatoms. The van der Waals surface area contributed by atoms with Crippen molar-refractivity contribution in [2.45, 2.75) is 17.7 Å². The molecular weight excluding hydrogens is 486 g/mol. The third-order valence-electron chi connectivity index (χ3n) is 6.81. The number of carboxylic acids is 1. The molecule has 0 aliphatic carbocycles. The smallest absolute Gasteiger partial charge is 0.352 e. The summed E-state index contributed by atoms with van der Waals surface area (Å²) in [7, 11) is -3.06. The lowest BCUT2D eigenvalue weighted by atomic mass is 9.96. The number of H-pyrrole nitrogens is 1. The largest absolute Gasteiger partial charge is 0.493 e. The van der Waals surface area contributed by atoms with E-state index in [4.69, 9.17) is 4.74 Å². The van der Waals surface area contributed by atoms with Crippen LogP contribution in [0.15, 0.2) is 95.2 Å². The van der Waals surface area contributed by atoms with E-state index in [1.165, 1.54) is 5.41 Å². The molecule has 6 nitrogen and oxygen atoms in total. The van der Waals surface area contributed by atoms with Gasteiger partial charge in [0.2, 0.25) is 0 Å². The summed E-state index contributed by atoms with van der Waals surface area (Å²) in [5.74, 6) is -0.221. The second-order valence-electron chi connectivity index (χ2n) is 9.06. The van der Waals surface area contributed by atoms with Crippen LogP contribution >= 0.6 is 10.6 Å². The molecule has 186 valence electrons. The van der Waals surface area contributed by atoms with Crippen molar-refractivity contribution in [2.75, 3.05) is 6.61 Å². The minimum Gasteiger partial charge on any atom is -0.493 e. The van der Waals surface area contributed by atoms with Crippen molar-refractivity contribution in [2.24, 2.45) is 0 Å². The first-order valence-corrected chi connectivity index (χ1v) is 13.6. The average Bonchev–Trinajstić information content (AvgIpc) is 3.42. The maximum absolute atomic E-state index is 12.2. The van der Waals surface area contributed by atoms with E-state index in [1.807, 2.05) is 72.8 Å². The zero-order valence-corrected chi connectivity index (χ0v) is 20.7. The van der Waals surface area contributed by atoms with Crippen molar-refractivity contribution in [1.82, 2.24) is 4.98 Å². The van der Waals surface area contributed by atoms with E-state index in [2.05, 4.69) is 4.98 Å². The predicted molar refractivity (Wildman–Crippen MR) is 148 cm³/mol. The highest BCUT2D eigenvalue weighted by Crippen LogP contribution is 2.60. The summed E-state index contributed by atoms with van der Waals surface area (Å²) in [6.45, 7) is 0.443. The molecule has 0 atom stereocenters. The Labute approximate surface area is 215 Å². The number of aromatic nitrogens is 1. The highest BCUT2D eigenvalue weighted by atomic mass is 32.3. The van der Waals surface area contributed by atoms with Gasteiger partial charge in [0.15, 0.2) is 0 Å². The number of ether oxygens (including phenoxy) is 1. The summed E-state index contributed by atoms with van der Waals surface area (Å²) in [6, 6.07) is 26.9. The molecule has 2 heterocycles. The van der Waals surface area contributed by atoms with Crippen LogP contribution in [0.1, 0.15) is 33.6 Å². The van der Waals surface area contributed by atoms with Crippen molar-refractivity contribution in [1.29, 1.82) is 0 Å². The van der Waals surface area contributed by atoms with E-state index < -0.39 is 16.6 Å². The molecule has 37 heavy (non-hydrogen) atoms. The molecule has 0 radical (unpaired) electrons. The number of hydrogen-bond donors (Lipinski definition) is 4. The number of nitrogens with one attached hydrogen (secondary N) is 1. The minimum absolute atomic E-state index is 0.145. The molecule has 5 aromatic rings. The molecule has 0 spiro atoms. The molecule has 0 unspecified atom stereocenters. The van der Waals surface area contributed by atoms with Crippen molar-refractivity contribution in [3.8, 4) is 5.75 Å². The summed E-state index contributed by atoms with van der Waals surface area (Å²) in [5, 5.41) is 14.4. The number of carbonyl (C=O) groups is 1. The van der Waals surface area contributed by atoms with Gasteiger partial charge in [0.1, 0.15) is 11.4 Å². The molecule has 4 N–H and O–H groups in total. The zero-order chi connectivity index (χ0) is 25.6. The number of fused-ring (bicyclic) bond motifs is 3. The number of aromatic amines is 1. The summed E-state index contributed by atoms with van der Waals surface area (Å²) < 4.78 is 27.4. The lowest BCUT2D eigenvalue weighted by Gasteiger charge is -2.24. The monoisotopic (exact) mass is 511 g/mol. The molecule has 0 bridgehead atoms. The Kier molecular flexibility index (Phi) is 5.76. The van der Waals surface area contributed by atoms with Gasteiger partial charge in [-0.2, -0.15) is 0 Å². The van der Waals surface area contributed by atoms with Gasteiger partial charge in [0.25, 0.3) is 0 Å². The van der Waals surface area contributed by atoms with Crippen LogP contribution in [0.5, 0.6) is 5.75 Å². The molecule has 1 aromatic heterocycles.